The van der Waals surface area contributed by atoms with Crippen LogP contribution >= 0.6 is 0 Å². The summed E-state index contributed by atoms with van der Waals surface area (Å²) in [6.45, 7) is 2.07. The smallest absolute Gasteiger partial charge is 0.142 e. The van der Waals surface area contributed by atoms with E-state index in [1.54, 1.807) is 0 Å². The predicted octanol–water partition coefficient (Wildman–Crippen LogP) is 2.29. The number of hydrogen-bond donors (Lipinski definition) is 0. The Morgan fingerprint density at radius 3 is 2.75 bits per heavy atom. The molecule has 0 aliphatic heterocycles. The molecule has 12 heavy (non-hydrogen) atoms. The Morgan fingerprint density at radius 1 is 1.33 bits per heavy atom. The first-order valence-corrected chi connectivity index (χ1v) is 3.99. The first-order valence-electron chi connectivity index (χ1n) is 3.99. The Kier molecular flexibility index (Phi) is 3.27. The van der Waals surface area contributed by atoms with E-state index in [4.69, 9.17) is 0 Å². The van der Waals surface area contributed by atoms with Crippen molar-refractivity contribution in [1.29, 1.82) is 0 Å². The topological polar surface area (TPSA) is 17.1 Å². The standard InChI is InChI=1S/C11H12O/c1-10-6-2-3-7-11(10)8-4-5-9-12/h2-7,9H,8H2,1H3/b5-4+. The van der Waals surface area contributed by atoms with Gasteiger partial charge in [-0.05, 0) is 30.5 Å². The van der Waals surface area contributed by atoms with Gasteiger partial charge < -0.3 is 0 Å². The van der Waals surface area contributed by atoms with Crippen LogP contribution in [-0.4, -0.2) is 6.29 Å². The zero-order chi connectivity index (χ0) is 8.81. The second kappa shape index (κ2) is 4.50. The van der Waals surface area contributed by atoms with Crippen molar-refractivity contribution < 1.29 is 4.79 Å². The molecule has 0 bridgehead atoms. The molecular formula is C11H12O. The lowest BCUT2D eigenvalue weighted by atomic mass is 10.1. The highest BCUT2D eigenvalue weighted by molar-refractivity contribution is 5.64. The fraction of sp³-hybridized carbons (Fsp3) is 0.182. The fourth-order valence-electron chi connectivity index (χ4n) is 1.09. The molecule has 0 fully saturated rings. The average Bonchev–Trinajstić information content (AvgIpc) is 2.09. The highest BCUT2D eigenvalue weighted by Crippen LogP contribution is 2.07. The van der Waals surface area contributed by atoms with E-state index in [1.807, 2.05) is 18.2 Å². The lowest BCUT2D eigenvalue weighted by Crippen LogP contribution is -1.85. The lowest BCUT2D eigenvalue weighted by Gasteiger charge is -1.99. The van der Waals surface area contributed by atoms with Crippen LogP contribution in [-0.2, 0) is 11.2 Å². The number of hydrogen-bond acceptors (Lipinski definition) is 1. The molecule has 0 aliphatic carbocycles. The second-order valence-corrected chi connectivity index (χ2v) is 2.69. The van der Waals surface area contributed by atoms with E-state index >= 15 is 0 Å². The van der Waals surface area contributed by atoms with Gasteiger partial charge in [-0.2, -0.15) is 0 Å². The molecule has 0 heterocycles. The Morgan fingerprint density at radius 2 is 2.08 bits per heavy atom. The molecule has 1 aromatic rings. The number of rotatable bonds is 3. The molecule has 1 nitrogen and oxygen atoms in total. The minimum Gasteiger partial charge on any atom is -0.299 e. The van der Waals surface area contributed by atoms with Gasteiger partial charge in [-0.1, -0.05) is 30.3 Å². The zero-order valence-corrected chi connectivity index (χ0v) is 7.16. The molecule has 0 saturated carbocycles. The summed E-state index contributed by atoms with van der Waals surface area (Å²) < 4.78 is 0. The van der Waals surface area contributed by atoms with E-state index in [0.29, 0.717) is 0 Å². The van der Waals surface area contributed by atoms with Crippen molar-refractivity contribution >= 4 is 6.29 Å². The van der Waals surface area contributed by atoms with E-state index < -0.39 is 0 Å². The SMILES string of the molecule is Cc1ccccc1C/C=C/C=O. The molecule has 0 amide bonds. The summed E-state index contributed by atoms with van der Waals surface area (Å²) in [5.74, 6) is 0. The number of carbonyl (C=O) groups is 1. The molecule has 62 valence electrons. The molecule has 1 rings (SSSR count). The molecule has 1 aromatic carbocycles. The van der Waals surface area contributed by atoms with Gasteiger partial charge in [0, 0.05) is 0 Å². The Bertz CT molecular complexity index is 287. The Hall–Kier alpha value is -1.37. The highest BCUT2D eigenvalue weighted by atomic mass is 16.1. The minimum atomic E-state index is 0.804. The van der Waals surface area contributed by atoms with Gasteiger partial charge in [-0.15, -0.1) is 0 Å². The van der Waals surface area contributed by atoms with Crippen LogP contribution in [0.3, 0.4) is 0 Å². The molecule has 0 spiro atoms. The zero-order valence-electron chi connectivity index (χ0n) is 7.16. The van der Waals surface area contributed by atoms with Crippen LogP contribution in [0.1, 0.15) is 11.1 Å². The van der Waals surface area contributed by atoms with Crippen LogP contribution in [0, 0.1) is 6.92 Å². The van der Waals surface area contributed by atoms with Crippen LogP contribution in [0.4, 0.5) is 0 Å². The number of carbonyl (C=O) groups excluding carboxylic acids is 1. The summed E-state index contributed by atoms with van der Waals surface area (Å²) in [4.78, 5) is 9.99. The van der Waals surface area contributed by atoms with Crippen LogP contribution in [0.5, 0.6) is 0 Å². The third-order valence-corrected chi connectivity index (χ3v) is 1.81. The highest BCUT2D eigenvalue weighted by Gasteiger charge is 1.91. The van der Waals surface area contributed by atoms with Crippen LogP contribution in [0.15, 0.2) is 36.4 Å². The van der Waals surface area contributed by atoms with Crippen LogP contribution < -0.4 is 0 Å². The molecular weight excluding hydrogens is 148 g/mol. The third-order valence-electron chi connectivity index (χ3n) is 1.81. The van der Waals surface area contributed by atoms with E-state index in [0.717, 1.165) is 12.7 Å². The number of allylic oxidation sites excluding steroid dienone is 2. The summed E-state index contributed by atoms with van der Waals surface area (Å²) in [7, 11) is 0. The van der Waals surface area contributed by atoms with E-state index in [9.17, 15) is 4.79 Å². The van der Waals surface area contributed by atoms with Crippen molar-refractivity contribution in [3.05, 3.63) is 47.5 Å². The maximum Gasteiger partial charge on any atom is 0.142 e. The second-order valence-electron chi connectivity index (χ2n) is 2.69. The van der Waals surface area contributed by atoms with Gasteiger partial charge >= 0.3 is 0 Å². The number of benzene rings is 1. The normalized spacial score (nSPS) is 10.4. The van der Waals surface area contributed by atoms with Crippen molar-refractivity contribution in [3.63, 3.8) is 0 Å². The van der Waals surface area contributed by atoms with Crippen molar-refractivity contribution in [1.82, 2.24) is 0 Å². The summed E-state index contributed by atoms with van der Waals surface area (Å²) in [6.07, 6.45) is 5.05. The molecule has 0 atom stereocenters. The van der Waals surface area contributed by atoms with Gasteiger partial charge in [0.15, 0.2) is 0 Å². The van der Waals surface area contributed by atoms with Gasteiger partial charge in [0.25, 0.3) is 0 Å². The van der Waals surface area contributed by atoms with Crippen LogP contribution in [0.25, 0.3) is 0 Å². The van der Waals surface area contributed by atoms with Crippen molar-refractivity contribution in [2.24, 2.45) is 0 Å². The monoisotopic (exact) mass is 160 g/mol. The van der Waals surface area contributed by atoms with Crippen molar-refractivity contribution in [2.45, 2.75) is 13.3 Å². The molecule has 1 heteroatoms. The third kappa shape index (κ3) is 2.35. The Labute approximate surface area is 72.7 Å². The maximum absolute atomic E-state index is 9.99. The van der Waals surface area contributed by atoms with E-state index in [1.165, 1.54) is 17.2 Å². The number of aldehydes is 1. The maximum atomic E-state index is 9.99. The van der Waals surface area contributed by atoms with Crippen molar-refractivity contribution in [2.75, 3.05) is 0 Å². The summed E-state index contributed by atoms with van der Waals surface area (Å²) in [6, 6.07) is 8.17. The number of aryl methyl sites for hydroxylation is 1. The molecule has 0 unspecified atom stereocenters. The summed E-state index contributed by atoms with van der Waals surface area (Å²) >= 11 is 0. The van der Waals surface area contributed by atoms with Gasteiger partial charge in [-0.3, -0.25) is 4.79 Å². The fourth-order valence-corrected chi connectivity index (χ4v) is 1.09. The minimum absolute atomic E-state index is 0.804. The van der Waals surface area contributed by atoms with Crippen molar-refractivity contribution in [3.8, 4) is 0 Å². The quantitative estimate of drug-likeness (QED) is 0.489. The van der Waals surface area contributed by atoms with Crippen LogP contribution in [0.2, 0.25) is 0 Å². The summed E-state index contributed by atoms with van der Waals surface area (Å²) in [5.41, 5.74) is 2.55. The van der Waals surface area contributed by atoms with Gasteiger partial charge in [0.2, 0.25) is 0 Å². The lowest BCUT2D eigenvalue weighted by molar-refractivity contribution is -0.104. The molecule has 0 aromatic heterocycles. The van der Waals surface area contributed by atoms with Gasteiger partial charge in [0.1, 0.15) is 6.29 Å². The molecule has 0 saturated heterocycles. The largest absolute Gasteiger partial charge is 0.299 e. The predicted molar refractivity (Wildman–Crippen MR) is 50.1 cm³/mol. The van der Waals surface area contributed by atoms with E-state index in [-0.39, 0.29) is 0 Å². The first kappa shape index (κ1) is 8.72. The summed E-state index contributed by atoms with van der Waals surface area (Å²) in [5, 5.41) is 0. The first-order chi connectivity index (χ1) is 5.84. The Balaban J connectivity index is 2.69. The molecule has 0 N–H and O–H groups in total. The van der Waals surface area contributed by atoms with Gasteiger partial charge in [-0.25, -0.2) is 0 Å². The van der Waals surface area contributed by atoms with E-state index in [2.05, 4.69) is 19.1 Å². The molecule has 0 radical (unpaired) electrons. The average molecular weight is 160 g/mol. The molecule has 0 aliphatic rings. The van der Waals surface area contributed by atoms with Gasteiger partial charge in [0.05, 0.1) is 0 Å².